The number of hydrogen-bond acceptors (Lipinski definition) is 2. The number of amides is 2. The standard InChI is InChI=1S/C22H25FN2O2/c1-2-25(15-21(26)24-14-16-7-11-20(23)12-8-16)22(27)19-10-9-17-5-3-4-6-18(17)13-19/h7-13H,2-6,14-15H2,1H3,(H,24,26). The minimum atomic E-state index is -0.308. The van der Waals surface area contributed by atoms with Crippen LogP contribution in [0.5, 0.6) is 0 Å². The second-order valence-electron chi connectivity index (χ2n) is 6.91. The second kappa shape index (κ2) is 8.80. The van der Waals surface area contributed by atoms with Crippen LogP contribution in [0.4, 0.5) is 4.39 Å². The van der Waals surface area contributed by atoms with Crippen LogP contribution in [0.1, 0.15) is 46.8 Å². The van der Waals surface area contributed by atoms with E-state index in [-0.39, 0.29) is 24.2 Å². The fraction of sp³-hybridized carbons (Fsp3) is 0.364. The predicted octanol–water partition coefficient (Wildman–Crippen LogP) is 3.48. The summed E-state index contributed by atoms with van der Waals surface area (Å²) in [7, 11) is 0. The number of halogens is 1. The van der Waals surface area contributed by atoms with E-state index < -0.39 is 0 Å². The molecule has 0 aliphatic heterocycles. The molecule has 5 heteroatoms. The quantitative estimate of drug-likeness (QED) is 0.849. The molecule has 0 aromatic heterocycles. The first-order valence-electron chi connectivity index (χ1n) is 9.49. The molecule has 0 bridgehead atoms. The lowest BCUT2D eigenvalue weighted by molar-refractivity contribution is -0.121. The van der Waals surface area contributed by atoms with Crippen LogP contribution in [-0.2, 0) is 24.2 Å². The van der Waals surface area contributed by atoms with Crippen molar-refractivity contribution in [2.45, 2.75) is 39.2 Å². The van der Waals surface area contributed by atoms with E-state index in [0.717, 1.165) is 24.8 Å². The van der Waals surface area contributed by atoms with Crippen molar-refractivity contribution in [2.75, 3.05) is 13.1 Å². The first kappa shape index (κ1) is 19.1. The van der Waals surface area contributed by atoms with Gasteiger partial charge in [-0.15, -0.1) is 0 Å². The third-order valence-corrected chi connectivity index (χ3v) is 5.00. The summed E-state index contributed by atoms with van der Waals surface area (Å²) >= 11 is 0. The van der Waals surface area contributed by atoms with Crippen LogP contribution in [0, 0.1) is 5.82 Å². The lowest BCUT2D eigenvalue weighted by Gasteiger charge is -2.22. The third kappa shape index (κ3) is 4.94. The molecule has 0 unspecified atom stereocenters. The number of nitrogens with one attached hydrogen (secondary N) is 1. The van der Waals surface area contributed by atoms with Crippen LogP contribution >= 0.6 is 0 Å². The van der Waals surface area contributed by atoms with Gasteiger partial charge in [-0.1, -0.05) is 18.2 Å². The molecule has 0 atom stereocenters. The molecule has 0 fully saturated rings. The highest BCUT2D eigenvalue weighted by molar-refractivity contribution is 5.96. The average molecular weight is 368 g/mol. The summed E-state index contributed by atoms with van der Waals surface area (Å²) in [5.41, 5.74) is 4.04. The Balaban J connectivity index is 1.59. The Morgan fingerprint density at radius 3 is 2.44 bits per heavy atom. The lowest BCUT2D eigenvalue weighted by atomic mass is 9.90. The van der Waals surface area contributed by atoms with Gasteiger partial charge in [-0.05, 0) is 73.6 Å². The van der Waals surface area contributed by atoms with E-state index in [1.54, 1.807) is 17.0 Å². The average Bonchev–Trinajstić information content (AvgIpc) is 2.70. The van der Waals surface area contributed by atoms with Crippen LogP contribution < -0.4 is 5.32 Å². The van der Waals surface area contributed by atoms with Gasteiger partial charge in [0, 0.05) is 18.7 Å². The minimum Gasteiger partial charge on any atom is -0.350 e. The summed E-state index contributed by atoms with van der Waals surface area (Å²) in [4.78, 5) is 26.6. The molecule has 2 amide bonds. The van der Waals surface area contributed by atoms with E-state index >= 15 is 0 Å². The predicted molar refractivity (Wildman–Crippen MR) is 103 cm³/mol. The number of benzene rings is 2. The highest BCUT2D eigenvalue weighted by Gasteiger charge is 2.19. The third-order valence-electron chi connectivity index (χ3n) is 5.00. The van der Waals surface area contributed by atoms with Crippen LogP contribution in [0.25, 0.3) is 0 Å². The van der Waals surface area contributed by atoms with Gasteiger partial charge in [0.2, 0.25) is 5.91 Å². The van der Waals surface area contributed by atoms with Crippen LogP contribution in [0.15, 0.2) is 42.5 Å². The maximum atomic E-state index is 12.9. The largest absolute Gasteiger partial charge is 0.350 e. The zero-order valence-electron chi connectivity index (χ0n) is 15.6. The Labute approximate surface area is 159 Å². The molecule has 27 heavy (non-hydrogen) atoms. The fourth-order valence-corrected chi connectivity index (χ4v) is 3.41. The first-order chi connectivity index (χ1) is 13.1. The van der Waals surface area contributed by atoms with E-state index in [1.165, 1.54) is 29.7 Å². The molecule has 0 spiro atoms. The van der Waals surface area contributed by atoms with Crippen molar-refractivity contribution in [1.82, 2.24) is 10.2 Å². The van der Waals surface area contributed by atoms with Crippen LogP contribution in [0.2, 0.25) is 0 Å². The second-order valence-corrected chi connectivity index (χ2v) is 6.91. The van der Waals surface area contributed by atoms with Gasteiger partial charge in [0.05, 0.1) is 6.54 Å². The van der Waals surface area contributed by atoms with Gasteiger partial charge >= 0.3 is 0 Å². The van der Waals surface area contributed by atoms with Crippen molar-refractivity contribution in [1.29, 1.82) is 0 Å². The monoisotopic (exact) mass is 368 g/mol. The Kier molecular flexibility index (Phi) is 6.22. The van der Waals surface area contributed by atoms with E-state index in [4.69, 9.17) is 0 Å². The number of carbonyl (C=O) groups excluding carboxylic acids is 2. The smallest absolute Gasteiger partial charge is 0.254 e. The highest BCUT2D eigenvalue weighted by atomic mass is 19.1. The van der Waals surface area contributed by atoms with Gasteiger partial charge in [-0.25, -0.2) is 4.39 Å². The summed E-state index contributed by atoms with van der Waals surface area (Å²) in [6.07, 6.45) is 4.46. The summed E-state index contributed by atoms with van der Waals surface area (Å²) in [6.45, 7) is 2.64. The summed E-state index contributed by atoms with van der Waals surface area (Å²) in [5.74, 6) is -0.659. The number of likely N-dealkylation sites (N-methyl/N-ethyl adjacent to an activating group) is 1. The Hall–Kier alpha value is -2.69. The number of aryl methyl sites for hydroxylation is 2. The maximum absolute atomic E-state index is 12.9. The molecule has 1 N–H and O–H groups in total. The molecule has 3 rings (SSSR count). The molecule has 2 aromatic carbocycles. The van der Waals surface area contributed by atoms with Crippen molar-refractivity contribution in [2.24, 2.45) is 0 Å². The van der Waals surface area contributed by atoms with Crippen molar-refractivity contribution < 1.29 is 14.0 Å². The van der Waals surface area contributed by atoms with Crippen LogP contribution in [0.3, 0.4) is 0 Å². The first-order valence-corrected chi connectivity index (χ1v) is 9.49. The van der Waals surface area contributed by atoms with Crippen molar-refractivity contribution in [3.63, 3.8) is 0 Å². The van der Waals surface area contributed by atoms with Crippen LogP contribution in [-0.4, -0.2) is 29.8 Å². The number of rotatable bonds is 6. The Morgan fingerprint density at radius 2 is 1.74 bits per heavy atom. The lowest BCUT2D eigenvalue weighted by Crippen LogP contribution is -2.40. The van der Waals surface area contributed by atoms with Gasteiger partial charge in [0.1, 0.15) is 5.82 Å². The van der Waals surface area contributed by atoms with Crippen molar-refractivity contribution >= 4 is 11.8 Å². The number of fused-ring (bicyclic) bond motifs is 1. The van der Waals surface area contributed by atoms with E-state index in [1.807, 2.05) is 25.1 Å². The summed E-state index contributed by atoms with van der Waals surface area (Å²) < 4.78 is 12.9. The fourth-order valence-electron chi connectivity index (χ4n) is 3.41. The highest BCUT2D eigenvalue weighted by Crippen LogP contribution is 2.22. The van der Waals surface area contributed by atoms with Gasteiger partial charge in [-0.2, -0.15) is 0 Å². The molecule has 0 saturated carbocycles. The summed E-state index contributed by atoms with van der Waals surface area (Å²) in [6, 6.07) is 11.9. The maximum Gasteiger partial charge on any atom is 0.254 e. The Bertz CT molecular complexity index is 818. The molecular weight excluding hydrogens is 343 g/mol. The molecule has 0 radical (unpaired) electrons. The van der Waals surface area contributed by atoms with Gasteiger partial charge in [-0.3, -0.25) is 9.59 Å². The van der Waals surface area contributed by atoms with E-state index in [9.17, 15) is 14.0 Å². The molecule has 142 valence electrons. The van der Waals surface area contributed by atoms with Gasteiger partial charge in [0.25, 0.3) is 5.91 Å². The van der Waals surface area contributed by atoms with E-state index in [2.05, 4.69) is 5.32 Å². The normalized spacial score (nSPS) is 13.0. The number of hydrogen-bond donors (Lipinski definition) is 1. The zero-order chi connectivity index (χ0) is 19.2. The minimum absolute atomic E-state index is 0.00755. The number of nitrogens with zero attached hydrogens (tertiary/aromatic N) is 1. The molecule has 1 aliphatic rings. The SMILES string of the molecule is CCN(CC(=O)NCc1ccc(F)cc1)C(=O)c1ccc2c(c1)CCCC2. The topological polar surface area (TPSA) is 49.4 Å². The number of carbonyl (C=O) groups is 2. The molecule has 1 aliphatic carbocycles. The molecule has 2 aromatic rings. The van der Waals surface area contributed by atoms with Gasteiger partial charge in [0.15, 0.2) is 0 Å². The molecule has 0 saturated heterocycles. The molecular formula is C22H25FN2O2. The van der Waals surface area contributed by atoms with Crippen molar-refractivity contribution in [3.8, 4) is 0 Å². The zero-order valence-corrected chi connectivity index (χ0v) is 15.6. The van der Waals surface area contributed by atoms with Crippen molar-refractivity contribution in [3.05, 3.63) is 70.5 Å². The Morgan fingerprint density at radius 1 is 1.04 bits per heavy atom. The molecule has 0 heterocycles. The van der Waals surface area contributed by atoms with E-state index in [0.29, 0.717) is 18.7 Å². The summed E-state index contributed by atoms with van der Waals surface area (Å²) in [5, 5.41) is 2.78. The van der Waals surface area contributed by atoms with Gasteiger partial charge < -0.3 is 10.2 Å². The molecule has 4 nitrogen and oxygen atoms in total.